The molecular weight excluding hydrogens is 156 g/mol. The van der Waals surface area contributed by atoms with E-state index in [1.165, 1.54) is 6.08 Å². The van der Waals surface area contributed by atoms with Gasteiger partial charge >= 0.3 is 0 Å². The predicted octanol–water partition coefficient (Wildman–Crippen LogP) is 1.64. The van der Waals surface area contributed by atoms with Gasteiger partial charge in [0, 0.05) is 6.08 Å². The molecule has 1 aliphatic rings. The van der Waals surface area contributed by atoms with Crippen LogP contribution in [-0.4, -0.2) is 4.92 Å². The van der Waals surface area contributed by atoms with E-state index in [4.69, 9.17) is 5.26 Å². The number of hydrogen-bond acceptors (Lipinski definition) is 3. The molecule has 0 amide bonds. The molecule has 0 fully saturated rings. The first-order chi connectivity index (χ1) is 5.65. The van der Waals surface area contributed by atoms with Crippen LogP contribution in [0.25, 0.3) is 0 Å². The molecule has 0 aromatic carbocycles. The fraction of sp³-hybridized carbons (Fsp3) is 0.375. The second-order valence-electron chi connectivity index (χ2n) is 2.77. The minimum Gasteiger partial charge on any atom is -0.258 e. The summed E-state index contributed by atoms with van der Waals surface area (Å²) < 4.78 is 0. The van der Waals surface area contributed by atoms with E-state index >= 15 is 0 Å². The first kappa shape index (κ1) is 8.47. The van der Waals surface area contributed by atoms with Crippen molar-refractivity contribution in [1.82, 2.24) is 0 Å². The molecule has 0 saturated heterocycles. The Labute approximate surface area is 70.0 Å². The first-order valence-corrected chi connectivity index (χ1v) is 3.61. The van der Waals surface area contributed by atoms with Gasteiger partial charge in [-0.2, -0.15) is 5.26 Å². The quantitative estimate of drug-likeness (QED) is 0.437. The summed E-state index contributed by atoms with van der Waals surface area (Å²) in [7, 11) is 0. The molecule has 0 bridgehead atoms. The van der Waals surface area contributed by atoms with Gasteiger partial charge in [0.25, 0.3) is 5.70 Å². The second kappa shape index (κ2) is 3.18. The highest BCUT2D eigenvalue weighted by molar-refractivity contribution is 5.34. The zero-order valence-electron chi connectivity index (χ0n) is 6.65. The minimum atomic E-state index is -0.513. The van der Waals surface area contributed by atoms with Crippen molar-refractivity contribution in [3.8, 4) is 6.07 Å². The van der Waals surface area contributed by atoms with Gasteiger partial charge in [0.1, 0.15) is 11.6 Å². The lowest BCUT2D eigenvalue weighted by Gasteiger charge is -2.08. The monoisotopic (exact) mass is 164 g/mol. The highest BCUT2D eigenvalue weighted by atomic mass is 16.6. The Kier molecular flexibility index (Phi) is 2.24. The zero-order valence-corrected chi connectivity index (χ0v) is 6.65. The average Bonchev–Trinajstić information content (AvgIpc) is 2.03. The molecule has 1 rings (SSSR count). The second-order valence-corrected chi connectivity index (χ2v) is 2.77. The van der Waals surface area contributed by atoms with Gasteiger partial charge in [0.2, 0.25) is 0 Å². The molecule has 0 aromatic heterocycles. The van der Waals surface area contributed by atoms with Crippen LogP contribution in [0.1, 0.15) is 13.3 Å². The summed E-state index contributed by atoms with van der Waals surface area (Å²) in [6, 6.07) is 1.85. The Morgan fingerprint density at radius 3 is 3.00 bits per heavy atom. The molecule has 4 heteroatoms. The fourth-order valence-corrected chi connectivity index (χ4v) is 1.12. The summed E-state index contributed by atoms with van der Waals surface area (Å²) in [6.07, 6.45) is 3.63. The molecule has 0 spiro atoms. The SMILES string of the molecule is CC1C=CC([N+](=O)[O-])=C(C#N)C1. The van der Waals surface area contributed by atoms with Crippen LogP contribution in [0.5, 0.6) is 0 Å². The smallest absolute Gasteiger partial charge is 0.258 e. The fourth-order valence-electron chi connectivity index (χ4n) is 1.12. The number of allylic oxidation sites excluding steroid dienone is 3. The molecule has 4 nitrogen and oxygen atoms in total. The molecule has 1 aliphatic carbocycles. The maximum atomic E-state index is 10.4. The Morgan fingerprint density at radius 2 is 2.50 bits per heavy atom. The van der Waals surface area contributed by atoms with Crippen molar-refractivity contribution in [2.24, 2.45) is 5.92 Å². The molecule has 0 heterocycles. The third-order valence-corrected chi connectivity index (χ3v) is 1.75. The maximum Gasteiger partial charge on any atom is 0.282 e. The molecule has 12 heavy (non-hydrogen) atoms. The standard InChI is InChI=1S/C8H8N2O2/c1-6-2-3-8(10(11)12)7(4-6)5-9/h2-3,6H,4H2,1H3. The van der Waals surface area contributed by atoms with Crippen LogP contribution in [0.2, 0.25) is 0 Å². The summed E-state index contributed by atoms with van der Waals surface area (Å²) in [5.41, 5.74) is 0.214. The van der Waals surface area contributed by atoms with E-state index in [-0.39, 0.29) is 17.2 Å². The molecule has 1 atom stereocenters. The van der Waals surface area contributed by atoms with Gasteiger partial charge < -0.3 is 0 Å². The Morgan fingerprint density at radius 1 is 1.83 bits per heavy atom. The molecule has 1 unspecified atom stereocenters. The third-order valence-electron chi connectivity index (χ3n) is 1.75. The maximum absolute atomic E-state index is 10.4. The summed E-state index contributed by atoms with van der Waals surface area (Å²) in [5, 5.41) is 19.0. The molecular formula is C8H8N2O2. The van der Waals surface area contributed by atoms with Crippen LogP contribution in [0.3, 0.4) is 0 Å². The highest BCUT2D eigenvalue weighted by Gasteiger charge is 2.20. The Hall–Kier alpha value is -1.63. The average molecular weight is 164 g/mol. The van der Waals surface area contributed by atoms with Gasteiger partial charge in [-0.3, -0.25) is 10.1 Å². The van der Waals surface area contributed by atoms with Crippen LogP contribution in [0.15, 0.2) is 23.4 Å². The van der Waals surface area contributed by atoms with Gasteiger partial charge in [0.15, 0.2) is 0 Å². The van der Waals surface area contributed by atoms with Crippen molar-refractivity contribution >= 4 is 0 Å². The lowest BCUT2D eigenvalue weighted by molar-refractivity contribution is -0.420. The molecule has 62 valence electrons. The summed E-state index contributed by atoms with van der Waals surface area (Å²) >= 11 is 0. The van der Waals surface area contributed by atoms with Crippen molar-refractivity contribution in [2.75, 3.05) is 0 Å². The van der Waals surface area contributed by atoms with E-state index in [0.717, 1.165) is 0 Å². The van der Waals surface area contributed by atoms with Gasteiger partial charge in [-0.1, -0.05) is 13.0 Å². The minimum absolute atomic E-state index is 0.0596. The first-order valence-electron chi connectivity index (χ1n) is 3.61. The third kappa shape index (κ3) is 1.51. The normalized spacial score (nSPS) is 22.2. The van der Waals surface area contributed by atoms with Gasteiger partial charge in [-0.25, -0.2) is 0 Å². The largest absolute Gasteiger partial charge is 0.282 e. The molecule has 0 radical (unpaired) electrons. The lowest BCUT2D eigenvalue weighted by Crippen LogP contribution is -2.07. The van der Waals surface area contributed by atoms with Crippen LogP contribution in [-0.2, 0) is 0 Å². The van der Waals surface area contributed by atoms with Gasteiger partial charge in [-0.15, -0.1) is 0 Å². The van der Waals surface area contributed by atoms with Crippen molar-refractivity contribution in [1.29, 1.82) is 5.26 Å². The lowest BCUT2D eigenvalue weighted by atomic mass is 9.95. The molecule has 0 saturated carbocycles. The van der Waals surface area contributed by atoms with Crippen LogP contribution in [0, 0.1) is 27.4 Å². The van der Waals surface area contributed by atoms with E-state index in [0.29, 0.717) is 6.42 Å². The Bertz CT molecular complexity index is 310. The summed E-state index contributed by atoms with van der Waals surface area (Å²) in [4.78, 5) is 9.86. The number of nitrogens with zero attached hydrogens (tertiary/aromatic N) is 2. The molecule has 0 aliphatic heterocycles. The van der Waals surface area contributed by atoms with Crippen LogP contribution in [0.4, 0.5) is 0 Å². The number of hydrogen-bond donors (Lipinski definition) is 0. The number of rotatable bonds is 1. The van der Waals surface area contributed by atoms with Crippen LogP contribution >= 0.6 is 0 Å². The predicted molar refractivity (Wildman–Crippen MR) is 42.6 cm³/mol. The van der Waals surface area contributed by atoms with Crippen molar-refractivity contribution in [3.63, 3.8) is 0 Å². The molecule has 0 aromatic rings. The van der Waals surface area contributed by atoms with Gasteiger partial charge in [-0.05, 0) is 12.3 Å². The van der Waals surface area contributed by atoms with E-state index in [2.05, 4.69) is 0 Å². The summed E-state index contributed by atoms with van der Waals surface area (Å²) in [6.45, 7) is 1.92. The molecule has 0 N–H and O–H groups in total. The van der Waals surface area contributed by atoms with E-state index in [1.807, 2.05) is 13.0 Å². The topological polar surface area (TPSA) is 66.9 Å². The number of nitriles is 1. The van der Waals surface area contributed by atoms with E-state index in [1.54, 1.807) is 6.08 Å². The van der Waals surface area contributed by atoms with E-state index < -0.39 is 4.92 Å². The van der Waals surface area contributed by atoms with Crippen molar-refractivity contribution in [3.05, 3.63) is 33.5 Å². The van der Waals surface area contributed by atoms with E-state index in [9.17, 15) is 10.1 Å². The summed E-state index contributed by atoms with van der Waals surface area (Å²) in [5.74, 6) is 0.225. The zero-order chi connectivity index (χ0) is 9.14. The Balaban J connectivity index is 3.03. The highest BCUT2D eigenvalue weighted by Crippen LogP contribution is 2.22. The van der Waals surface area contributed by atoms with Gasteiger partial charge in [0.05, 0.1) is 4.92 Å². The number of nitro groups is 1. The van der Waals surface area contributed by atoms with Crippen molar-refractivity contribution < 1.29 is 4.92 Å². The van der Waals surface area contributed by atoms with Crippen molar-refractivity contribution in [2.45, 2.75) is 13.3 Å². The van der Waals surface area contributed by atoms with Crippen LogP contribution < -0.4 is 0 Å².